The van der Waals surface area contributed by atoms with Gasteiger partial charge in [-0.3, -0.25) is 9.59 Å². The zero-order valence-corrected chi connectivity index (χ0v) is 17.2. The Labute approximate surface area is 173 Å². The SMILES string of the molecule is Cc1noc(Cl)c1CCC(=O)Nc1ccc(Cl)c(C(=O)NC2CCCCC2)c1. The van der Waals surface area contributed by atoms with Crippen LogP contribution in [0.1, 0.15) is 60.1 Å². The van der Waals surface area contributed by atoms with Crippen LogP contribution in [0.15, 0.2) is 22.7 Å². The zero-order valence-electron chi connectivity index (χ0n) is 15.7. The Balaban J connectivity index is 1.60. The molecule has 6 nitrogen and oxygen atoms in total. The minimum Gasteiger partial charge on any atom is -0.349 e. The maximum absolute atomic E-state index is 12.6. The van der Waals surface area contributed by atoms with E-state index in [2.05, 4.69) is 15.8 Å². The van der Waals surface area contributed by atoms with Crippen LogP contribution in [0, 0.1) is 6.92 Å². The number of halogens is 2. The molecule has 0 aliphatic heterocycles. The molecule has 0 spiro atoms. The number of aromatic nitrogens is 1. The number of aryl methyl sites for hydroxylation is 1. The van der Waals surface area contributed by atoms with Crippen molar-refractivity contribution in [2.75, 3.05) is 5.32 Å². The second-order valence-corrected chi connectivity index (χ2v) is 7.82. The molecule has 3 rings (SSSR count). The fourth-order valence-electron chi connectivity index (χ4n) is 3.39. The molecule has 1 aliphatic rings. The van der Waals surface area contributed by atoms with Crippen LogP contribution < -0.4 is 10.6 Å². The van der Waals surface area contributed by atoms with E-state index in [0.717, 1.165) is 31.2 Å². The van der Waals surface area contributed by atoms with Crippen LogP contribution in [0.4, 0.5) is 5.69 Å². The smallest absolute Gasteiger partial charge is 0.253 e. The van der Waals surface area contributed by atoms with Gasteiger partial charge in [-0.15, -0.1) is 0 Å². The van der Waals surface area contributed by atoms with Gasteiger partial charge >= 0.3 is 0 Å². The molecule has 2 N–H and O–H groups in total. The van der Waals surface area contributed by atoms with E-state index in [1.54, 1.807) is 25.1 Å². The summed E-state index contributed by atoms with van der Waals surface area (Å²) >= 11 is 12.1. The summed E-state index contributed by atoms with van der Waals surface area (Å²) in [5.74, 6) is -0.405. The number of hydrogen-bond donors (Lipinski definition) is 2. The molecule has 1 saturated carbocycles. The Hall–Kier alpha value is -2.05. The highest BCUT2D eigenvalue weighted by Crippen LogP contribution is 2.24. The molecule has 8 heteroatoms. The molecule has 1 heterocycles. The van der Waals surface area contributed by atoms with Gasteiger partial charge in [-0.2, -0.15) is 0 Å². The van der Waals surface area contributed by atoms with Gasteiger partial charge in [-0.05, 0) is 56.0 Å². The van der Waals surface area contributed by atoms with Crippen LogP contribution in [0.2, 0.25) is 10.2 Å². The molecule has 0 radical (unpaired) electrons. The van der Waals surface area contributed by atoms with Crippen LogP contribution in [-0.4, -0.2) is 23.0 Å². The third-order valence-corrected chi connectivity index (χ3v) is 5.60. The summed E-state index contributed by atoms with van der Waals surface area (Å²) in [6.45, 7) is 1.78. The Morgan fingerprint density at radius 2 is 1.96 bits per heavy atom. The number of amides is 2. The summed E-state index contributed by atoms with van der Waals surface area (Å²) in [7, 11) is 0. The average Bonchev–Trinajstić information content (AvgIpc) is 3.00. The largest absolute Gasteiger partial charge is 0.349 e. The van der Waals surface area contributed by atoms with Crippen molar-refractivity contribution in [2.45, 2.75) is 57.9 Å². The lowest BCUT2D eigenvalue weighted by Crippen LogP contribution is -2.36. The van der Waals surface area contributed by atoms with E-state index in [9.17, 15) is 9.59 Å². The van der Waals surface area contributed by atoms with Crippen molar-refractivity contribution in [3.8, 4) is 0 Å². The highest BCUT2D eigenvalue weighted by molar-refractivity contribution is 6.34. The van der Waals surface area contributed by atoms with E-state index in [-0.39, 0.29) is 29.5 Å². The van der Waals surface area contributed by atoms with Gasteiger partial charge in [0.1, 0.15) is 0 Å². The highest BCUT2D eigenvalue weighted by atomic mass is 35.5. The van der Waals surface area contributed by atoms with Crippen molar-refractivity contribution < 1.29 is 14.1 Å². The fraction of sp³-hybridized carbons (Fsp3) is 0.450. The molecular weight excluding hydrogens is 401 g/mol. The van der Waals surface area contributed by atoms with Crippen LogP contribution in [0.25, 0.3) is 0 Å². The van der Waals surface area contributed by atoms with Crippen molar-refractivity contribution >= 4 is 40.7 Å². The minimum atomic E-state index is -0.208. The zero-order chi connectivity index (χ0) is 20.1. The molecule has 0 atom stereocenters. The topological polar surface area (TPSA) is 84.2 Å². The lowest BCUT2D eigenvalue weighted by atomic mass is 9.95. The van der Waals surface area contributed by atoms with E-state index in [1.807, 2.05) is 0 Å². The van der Waals surface area contributed by atoms with E-state index < -0.39 is 0 Å². The van der Waals surface area contributed by atoms with Gasteiger partial charge in [-0.1, -0.05) is 36.0 Å². The summed E-state index contributed by atoms with van der Waals surface area (Å²) in [5.41, 5.74) is 2.28. The predicted molar refractivity (Wildman–Crippen MR) is 109 cm³/mol. The van der Waals surface area contributed by atoms with E-state index in [0.29, 0.717) is 28.4 Å². The second-order valence-electron chi connectivity index (χ2n) is 7.07. The Kier molecular flexibility index (Phi) is 6.97. The summed E-state index contributed by atoms with van der Waals surface area (Å²) in [6.07, 6.45) is 6.09. The van der Waals surface area contributed by atoms with Crippen molar-refractivity contribution in [1.82, 2.24) is 10.5 Å². The first kappa shape index (κ1) is 20.7. The summed E-state index contributed by atoms with van der Waals surface area (Å²) in [4.78, 5) is 24.9. The quantitative estimate of drug-likeness (QED) is 0.689. The van der Waals surface area contributed by atoms with Crippen LogP contribution in [0.5, 0.6) is 0 Å². The molecule has 1 aromatic carbocycles. The molecule has 2 amide bonds. The Morgan fingerprint density at radius 3 is 2.64 bits per heavy atom. The predicted octanol–water partition coefficient (Wildman–Crippen LogP) is 4.92. The van der Waals surface area contributed by atoms with Gasteiger partial charge < -0.3 is 15.2 Å². The monoisotopic (exact) mass is 423 g/mol. The van der Waals surface area contributed by atoms with Crippen molar-refractivity contribution in [3.05, 3.63) is 45.3 Å². The normalized spacial score (nSPS) is 14.7. The maximum atomic E-state index is 12.6. The molecule has 0 bridgehead atoms. The molecule has 28 heavy (non-hydrogen) atoms. The van der Waals surface area contributed by atoms with Gasteiger partial charge in [-0.25, -0.2) is 0 Å². The molecule has 1 aliphatic carbocycles. The Morgan fingerprint density at radius 1 is 1.21 bits per heavy atom. The van der Waals surface area contributed by atoms with Crippen LogP contribution >= 0.6 is 23.2 Å². The van der Waals surface area contributed by atoms with E-state index in [1.165, 1.54) is 6.42 Å². The lowest BCUT2D eigenvalue weighted by molar-refractivity contribution is -0.116. The number of rotatable bonds is 6. The Bertz CT molecular complexity index is 841. The molecule has 1 aromatic heterocycles. The number of nitrogens with zero attached hydrogens (tertiary/aromatic N) is 1. The van der Waals surface area contributed by atoms with Crippen molar-refractivity contribution in [3.63, 3.8) is 0 Å². The molecule has 2 aromatic rings. The minimum absolute atomic E-state index is 0.187. The first-order valence-electron chi connectivity index (χ1n) is 9.45. The van der Waals surface area contributed by atoms with Crippen molar-refractivity contribution in [1.29, 1.82) is 0 Å². The average molecular weight is 424 g/mol. The van der Waals surface area contributed by atoms with Crippen molar-refractivity contribution in [2.24, 2.45) is 0 Å². The third kappa shape index (κ3) is 5.26. The highest BCUT2D eigenvalue weighted by Gasteiger charge is 2.19. The van der Waals surface area contributed by atoms with Crippen LogP contribution in [0.3, 0.4) is 0 Å². The third-order valence-electron chi connectivity index (χ3n) is 4.97. The molecule has 0 unspecified atom stereocenters. The summed E-state index contributed by atoms with van der Waals surface area (Å²) < 4.78 is 4.89. The maximum Gasteiger partial charge on any atom is 0.253 e. The summed E-state index contributed by atoms with van der Waals surface area (Å²) in [5, 5.41) is 10.2. The molecule has 150 valence electrons. The fourth-order valence-corrected chi connectivity index (χ4v) is 3.86. The molecule has 1 fully saturated rings. The van der Waals surface area contributed by atoms with Gasteiger partial charge in [0.25, 0.3) is 5.91 Å². The number of carbonyl (C=O) groups is 2. The number of anilines is 1. The van der Waals surface area contributed by atoms with Gasteiger partial charge in [0.05, 0.1) is 16.3 Å². The molecule has 0 saturated heterocycles. The van der Waals surface area contributed by atoms with Gasteiger partial charge in [0.15, 0.2) is 0 Å². The number of nitrogens with one attached hydrogen (secondary N) is 2. The van der Waals surface area contributed by atoms with Gasteiger partial charge in [0.2, 0.25) is 11.1 Å². The molecular formula is C20H23Cl2N3O3. The number of benzene rings is 1. The number of carbonyl (C=O) groups excluding carboxylic acids is 2. The number of hydrogen-bond acceptors (Lipinski definition) is 4. The first-order valence-corrected chi connectivity index (χ1v) is 10.2. The standard InChI is InChI=1S/C20H23Cl2N3O3/c1-12-15(19(22)28-25-12)8-10-18(26)23-14-7-9-17(21)16(11-14)20(27)24-13-5-3-2-4-6-13/h7,9,11,13H,2-6,8,10H2,1H3,(H,23,26)(H,24,27). The van der Waals surface area contributed by atoms with Crippen LogP contribution in [-0.2, 0) is 11.2 Å². The first-order chi connectivity index (χ1) is 13.4. The summed E-state index contributed by atoms with van der Waals surface area (Å²) in [6, 6.07) is 5.09. The second kappa shape index (κ2) is 9.43. The lowest BCUT2D eigenvalue weighted by Gasteiger charge is -2.23. The van der Waals surface area contributed by atoms with Gasteiger partial charge in [0, 0.05) is 23.7 Å². The van der Waals surface area contributed by atoms with E-state index >= 15 is 0 Å². The van der Waals surface area contributed by atoms with E-state index in [4.69, 9.17) is 27.7 Å².